The molecule has 0 aliphatic carbocycles. The van der Waals surface area contributed by atoms with Crippen molar-refractivity contribution in [2.24, 2.45) is 5.92 Å². The number of aliphatic hydroxyl groups is 1. The lowest BCUT2D eigenvalue weighted by Crippen LogP contribution is -2.25. The van der Waals surface area contributed by atoms with Crippen LogP contribution in [0.5, 0.6) is 0 Å². The van der Waals surface area contributed by atoms with Gasteiger partial charge < -0.3 is 10.4 Å². The van der Waals surface area contributed by atoms with Crippen LogP contribution in [0.2, 0.25) is 5.15 Å². The third-order valence-corrected chi connectivity index (χ3v) is 2.50. The number of hydrogen-bond donors (Lipinski definition) is 2. The van der Waals surface area contributed by atoms with E-state index in [0.29, 0.717) is 0 Å². The maximum Gasteiger partial charge on any atom is 0.311 e. The summed E-state index contributed by atoms with van der Waals surface area (Å²) >= 11 is 5.66. The van der Waals surface area contributed by atoms with Crippen LogP contribution in [0.3, 0.4) is 0 Å². The van der Waals surface area contributed by atoms with Crippen molar-refractivity contribution >= 4 is 23.1 Å². The lowest BCUT2D eigenvalue weighted by Gasteiger charge is -2.15. The number of nitro groups is 1. The van der Waals surface area contributed by atoms with Gasteiger partial charge in [-0.2, -0.15) is 0 Å². The van der Waals surface area contributed by atoms with Gasteiger partial charge in [0.2, 0.25) is 5.82 Å². The topological polar surface area (TPSA) is 88.3 Å². The highest BCUT2D eigenvalue weighted by molar-refractivity contribution is 6.29. The van der Waals surface area contributed by atoms with Gasteiger partial charge in [0.1, 0.15) is 5.15 Å². The van der Waals surface area contributed by atoms with Crippen LogP contribution in [0.1, 0.15) is 13.8 Å². The normalized spacial score (nSPS) is 12.5. The minimum Gasteiger partial charge on any atom is -0.391 e. The number of anilines is 1. The fourth-order valence-corrected chi connectivity index (χ4v) is 1.29. The molecule has 0 fully saturated rings. The molecule has 0 saturated heterocycles. The fraction of sp³-hybridized carbons (Fsp3) is 0.500. The smallest absolute Gasteiger partial charge is 0.311 e. The number of aliphatic hydroxyl groups excluding tert-OH is 1. The Balaban J connectivity index is 2.82. The zero-order valence-electron chi connectivity index (χ0n) is 9.55. The van der Waals surface area contributed by atoms with Crippen molar-refractivity contribution in [2.45, 2.75) is 20.0 Å². The molecule has 1 unspecified atom stereocenters. The van der Waals surface area contributed by atoms with E-state index in [1.807, 2.05) is 13.8 Å². The number of aromatic nitrogens is 1. The predicted molar refractivity (Wildman–Crippen MR) is 65.2 cm³/mol. The van der Waals surface area contributed by atoms with Crippen molar-refractivity contribution < 1.29 is 10.0 Å². The second-order valence-electron chi connectivity index (χ2n) is 3.95. The van der Waals surface area contributed by atoms with Crippen LogP contribution in [0, 0.1) is 16.0 Å². The number of halogens is 1. The molecule has 0 radical (unpaired) electrons. The summed E-state index contributed by atoms with van der Waals surface area (Å²) in [6.07, 6.45) is -0.601. The number of hydrogen-bond acceptors (Lipinski definition) is 5. The van der Waals surface area contributed by atoms with E-state index in [0.717, 1.165) is 0 Å². The first-order valence-electron chi connectivity index (χ1n) is 5.14. The van der Waals surface area contributed by atoms with Crippen LogP contribution in [0.15, 0.2) is 12.1 Å². The van der Waals surface area contributed by atoms with E-state index in [9.17, 15) is 15.2 Å². The molecule has 1 aromatic heterocycles. The first-order chi connectivity index (χ1) is 7.91. The van der Waals surface area contributed by atoms with Crippen molar-refractivity contribution in [2.75, 3.05) is 11.9 Å². The van der Waals surface area contributed by atoms with Crippen LogP contribution in [-0.2, 0) is 0 Å². The molecular formula is C10H14ClN3O3. The summed E-state index contributed by atoms with van der Waals surface area (Å²) in [6.45, 7) is 3.89. The molecule has 2 N–H and O–H groups in total. The predicted octanol–water partition coefficient (Wildman–Crippen LogP) is 2.07. The minimum absolute atomic E-state index is 0.0562. The van der Waals surface area contributed by atoms with Gasteiger partial charge in [0.15, 0.2) is 0 Å². The molecule has 1 aromatic rings. The first kappa shape index (κ1) is 13.7. The van der Waals surface area contributed by atoms with Crippen molar-refractivity contribution in [3.8, 4) is 0 Å². The van der Waals surface area contributed by atoms with E-state index in [-0.39, 0.29) is 29.1 Å². The minimum atomic E-state index is -0.601. The summed E-state index contributed by atoms with van der Waals surface area (Å²) in [6, 6.07) is 2.63. The van der Waals surface area contributed by atoms with Crippen LogP contribution >= 0.6 is 11.6 Å². The largest absolute Gasteiger partial charge is 0.391 e. The lowest BCUT2D eigenvalue weighted by molar-refractivity contribution is -0.384. The Labute approximate surface area is 104 Å². The number of pyridine rings is 1. The molecule has 0 saturated carbocycles. The van der Waals surface area contributed by atoms with Crippen molar-refractivity contribution in [3.63, 3.8) is 0 Å². The number of nitrogens with one attached hydrogen (secondary N) is 1. The molecule has 0 bridgehead atoms. The Kier molecular flexibility index (Phi) is 4.65. The van der Waals surface area contributed by atoms with Gasteiger partial charge in [-0.15, -0.1) is 0 Å². The summed E-state index contributed by atoms with van der Waals surface area (Å²) in [5.74, 6) is 0.128. The number of nitrogens with zero attached hydrogens (tertiary/aromatic N) is 2. The summed E-state index contributed by atoms with van der Waals surface area (Å²) in [4.78, 5) is 14.0. The molecule has 6 nitrogen and oxygen atoms in total. The van der Waals surface area contributed by atoms with E-state index in [2.05, 4.69) is 10.3 Å². The Hall–Kier alpha value is -1.40. The fourth-order valence-electron chi connectivity index (χ4n) is 1.14. The average Bonchev–Trinajstić information content (AvgIpc) is 2.25. The zero-order chi connectivity index (χ0) is 13.0. The van der Waals surface area contributed by atoms with Crippen molar-refractivity contribution in [1.82, 2.24) is 4.98 Å². The molecule has 17 heavy (non-hydrogen) atoms. The lowest BCUT2D eigenvalue weighted by atomic mass is 10.1. The summed E-state index contributed by atoms with van der Waals surface area (Å²) < 4.78 is 0. The summed E-state index contributed by atoms with van der Waals surface area (Å²) in [5, 5.41) is 23.2. The van der Waals surface area contributed by atoms with Gasteiger partial charge in [-0.3, -0.25) is 10.1 Å². The summed E-state index contributed by atoms with van der Waals surface area (Å²) in [5.41, 5.74) is -0.162. The molecular weight excluding hydrogens is 246 g/mol. The first-order valence-corrected chi connectivity index (χ1v) is 5.52. The van der Waals surface area contributed by atoms with Crippen molar-refractivity contribution in [1.29, 1.82) is 0 Å². The highest BCUT2D eigenvalue weighted by Gasteiger charge is 2.17. The molecule has 0 aliphatic rings. The van der Waals surface area contributed by atoms with Gasteiger partial charge in [0.05, 0.1) is 11.0 Å². The molecule has 1 heterocycles. The molecule has 0 amide bonds. The van der Waals surface area contributed by atoms with Gasteiger partial charge >= 0.3 is 5.69 Å². The van der Waals surface area contributed by atoms with Gasteiger partial charge in [-0.25, -0.2) is 4.98 Å². The SMILES string of the molecule is CC(C)C(O)CNc1nc(Cl)ccc1[N+](=O)[O-]. The molecule has 0 spiro atoms. The number of rotatable bonds is 5. The van der Waals surface area contributed by atoms with Crippen molar-refractivity contribution in [3.05, 3.63) is 27.4 Å². The van der Waals surface area contributed by atoms with Gasteiger partial charge in [-0.05, 0) is 12.0 Å². The highest BCUT2D eigenvalue weighted by Crippen LogP contribution is 2.23. The molecule has 7 heteroatoms. The summed E-state index contributed by atoms with van der Waals surface area (Å²) in [7, 11) is 0. The third-order valence-electron chi connectivity index (χ3n) is 2.28. The molecule has 0 aromatic carbocycles. The highest BCUT2D eigenvalue weighted by atomic mass is 35.5. The molecule has 1 rings (SSSR count). The standard InChI is InChI=1S/C10H14ClN3O3/c1-6(2)8(15)5-12-10-7(14(16)17)3-4-9(11)13-10/h3-4,6,8,15H,5H2,1-2H3,(H,12,13). The molecule has 1 atom stereocenters. The van der Waals surface area contributed by atoms with Gasteiger partial charge in [0, 0.05) is 12.6 Å². The van der Waals surface area contributed by atoms with E-state index >= 15 is 0 Å². The van der Waals surface area contributed by atoms with Gasteiger partial charge in [-0.1, -0.05) is 25.4 Å². The van der Waals surface area contributed by atoms with Crippen LogP contribution in [0.25, 0.3) is 0 Å². The maximum absolute atomic E-state index is 10.7. The monoisotopic (exact) mass is 259 g/mol. The quantitative estimate of drug-likeness (QED) is 0.480. The molecule has 94 valence electrons. The average molecular weight is 260 g/mol. The van der Waals surface area contributed by atoms with E-state index < -0.39 is 11.0 Å². The second-order valence-corrected chi connectivity index (χ2v) is 4.34. The van der Waals surface area contributed by atoms with Crippen LogP contribution < -0.4 is 5.32 Å². The second kappa shape index (κ2) is 5.79. The van der Waals surface area contributed by atoms with E-state index in [4.69, 9.17) is 11.6 Å². The molecule has 0 aliphatic heterocycles. The third kappa shape index (κ3) is 3.83. The van der Waals surface area contributed by atoms with Crippen LogP contribution in [-0.4, -0.2) is 27.7 Å². The van der Waals surface area contributed by atoms with Gasteiger partial charge in [0.25, 0.3) is 0 Å². The van der Waals surface area contributed by atoms with Crippen LogP contribution in [0.4, 0.5) is 11.5 Å². The maximum atomic E-state index is 10.7. The Bertz CT molecular complexity index is 412. The van der Waals surface area contributed by atoms with E-state index in [1.165, 1.54) is 12.1 Å². The zero-order valence-corrected chi connectivity index (χ0v) is 10.3. The van der Waals surface area contributed by atoms with E-state index in [1.54, 1.807) is 0 Å². The Morgan fingerprint density at radius 3 is 2.76 bits per heavy atom. The Morgan fingerprint density at radius 2 is 2.24 bits per heavy atom. The Morgan fingerprint density at radius 1 is 1.59 bits per heavy atom.